The molecule has 6 heteroatoms. The average Bonchev–Trinajstić information content (AvgIpc) is 2.99. The average molecular weight is 567 g/mol. The number of terminal acetylenes is 1. The summed E-state index contributed by atoms with van der Waals surface area (Å²) >= 11 is 0. The van der Waals surface area contributed by atoms with Crippen LogP contribution in [0.1, 0.15) is 80.9 Å². The first-order valence-electron chi connectivity index (χ1n) is 14.6. The third kappa shape index (κ3) is 7.51. The van der Waals surface area contributed by atoms with Crippen LogP contribution in [0, 0.1) is 41.5 Å². The van der Waals surface area contributed by atoms with Gasteiger partial charge in [-0.05, 0) is 97.6 Å². The van der Waals surface area contributed by atoms with Crippen LogP contribution in [-0.2, 0) is 12.8 Å². The Bertz CT molecular complexity index is 1340. The molecule has 0 bridgehead atoms. The zero-order valence-corrected chi connectivity index (χ0v) is 23.6. The standard InChI is InChI=1S/C35H38F4O2/c1-3-5-6-22-41-31-21-20-29(34(38)35(31)39)24-11-8-23(9-12-24)10-13-27-18-19-28(33(37)32(27)36)25-14-16-26(17-15-25)30(40)7-4-2/h1,8-9,11-12,18-21,25-26,30,40H,4-7,10,13-17,22H2,2H3. The van der Waals surface area contributed by atoms with Crippen LogP contribution >= 0.6 is 0 Å². The predicted molar refractivity (Wildman–Crippen MR) is 155 cm³/mol. The molecule has 0 radical (unpaired) electrons. The van der Waals surface area contributed by atoms with Crippen molar-refractivity contribution in [3.05, 3.63) is 88.5 Å². The fourth-order valence-electron chi connectivity index (χ4n) is 5.81. The maximum absolute atomic E-state index is 15.1. The van der Waals surface area contributed by atoms with E-state index in [1.807, 2.05) is 0 Å². The minimum atomic E-state index is -1.05. The molecule has 1 atom stereocenters. The predicted octanol–water partition coefficient (Wildman–Crippen LogP) is 8.92. The fourth-order valence-corrected chi connectivity index (χ4v) is 5.81. The molecular formula is C35H38F4O2. The summed E-state index contributed by atoms with van der Waals surface area (Å²) in [6.45, 7) is 2.25. The Labute approximate surface area is 240 Å². The highest BCUT2D eigenvalue weighted by atomic mass is 19.2. The van der Waals surface area contributed by atoms with Crippen molar-refractivity contribution in [2.75, 3.05) is 6.61 Å². The lowest BCUT2D eigenvalue weighted by atomic mass is 9.75. The van der Waals surface area contributed by atoms with Gasteiger partial charge in [0.25, 0.3) is 0 Å². The van der Waals surface area contributed by atoms with Gasteiger partial charge in [0.15, 0.2) is 23.2 Å². The molecule has 1 aliphatic carbocycles. The second-order valence-electron chi connectivity index (χ2n) is 11.0. The highest BCUT2D eigenvalue weighted by Gasteiger charge is 2.29. The molecular weight excluding hydrogens is 528 g/mol. The molecule has 1 aliphatic rings. The van der Waals surface area contributed by atoms with Crippen LogP contribution < -0.4 is 4.74 Å². The molecule has 0 aliphatic heterocycles. The van der Waals surface area contributed by atoms with E-state index in [-0.39, 0.29) is 35.9 Å². The lowest BCUT2D eigenvalue weighted by Crippen LogP contribution is -2.25. The number of unbranched alkanes of at least 4 members (excludes halogenated alkanes) is 1. The molecule has 1 saturated carbocycles. The van der Waals surface area contributed by atoms with Gasteiger partial charge < -0.3 is 9.84 Å². The van der Waals surface area contributed by atoms with E-state index >= 15 is 8.78 Å². The molecule has 3 aromatic carbocycles. The van der Waals surface area contributed by atoms with Gasteiger partial charge in [-0.15, -0.1) is 12.3 Å². The maximum Gasteiger partial charge on any atom is 0.201 e. The summed E-state index contributed by atoms with van der Waals surface area (Å²) in [5.74, 6) is -1.08. The molecule has 1 fully saturated rings. The van der Waals surface area contributed by atoms with E-state index in [1.54, 1.807) is 36.4 Å². The first-order chi connectivity index (χ1) is 19.8. The second kappa shape index (κ2) is 14.5. The van der Waals surface area contributed by atoms with Gasteiger partial charge in [-0.1, -0.05) is 49.7 Å². The van der Waals surface area contributed by atoms with Crippen molar-refractivity contribution in [1.29, 1.82) is 0 Å². The van der Waals surface area contributed by atoms with Gasteiger partial charge in [0, 0.05) is 12.0 Å². The van der Waals surface area contributed by atoms with E-state index in [4.69, 9.17) is 11.2 Å². The summed E-state index contributed by atoms with van der Waals surface area (Å²) in [6, 6.07) is 13.2. The summed E-state index contributed by atoms with van der Waals surface area (Å²) in [4.78, 5) is 0. The number of benzene rings is 3. The first kappa shape index (κ1) is 30.7. The highest BCUT2D eigenvalue weighted by Crippen LogP contribution is 2.39. The van der Waals surface area contributed by atoms with Crippen LogP contribution in [0.25, 0.3) is 11.1 Å². The Morgan fingerprint density at radius 1 is 0.878 bits per heavy atom. The van der Waals surface area contributed by atoms with Crippen LogP contribution in [0.2, 0.25) is 0 Å². The van der Waals surface area contributed by atoms with Crippen LogP contribution in [0.4, 0.5) is 17.6 Å². The molecule has 3 aromatic rings. The van der Waals surface area contributed by atoms with Crippen LogP contribution in [0.3, 0.4) is 0 Å². The summed E-state index contributed by atoms with van der Waals surface area (Å²) in [7, 11) is 0. The van der Waals surface area contributed by atoms with Gasteiger partial charge in [-0.3, -0.25) is 0 Å². The smallest absolute Gasteiger partial charge is 0.201 e. The first-order valence-corrected chi connectivity index (χ1v) is 14.6. The Morgan fingerprint density at radius 3 is 2.29 bits per heavy atom. The molecule has 2 nitrogen and oxygen atoms in total. The van der Waals surface area contributed by atoms with Gasteiger partial charge in [0.2, 0.25) is 5.82 Å². The number of aliphatic hydroxyl groups excluding tert-OH is 1. The summed E-state index contributed by atoms with van der Waals surface area (Å²) in [5.41, 5.74) is 2.23. The molecule has 4 rings (SSSR count). The van der Waals surface area contributed by atoms with Gasteiger partial charge in [0.05, 0.1) is 12.7 Å². The normalized spacial score (nSPS) is 17.7. The van der Waals surface area contributed by atoms with E-state index in [0.29, 0.717) is 42.4 Å². The van der Waals surface area contributed by atoms with Gasteiger partial charge in [0.1, 0.15) is 0 Å². The number of aliphatic hydroxyl groups is 1. The van der Waals surface area contributed by atoms with Gasteiger partial charge in [-0.25, -0.2) is 13.2 Å². The summed E-state index contributed by atoms with van der Waals surface area (Å²) in [5, 5.41) is 10.3. The van der Waals surface area contributed by atoms with E-state index in [0.717, 1.165) is 44.1 Å². The number of hydrogen-bond donors (Lipinski definition) is 1. The quantitative estimate of drug-likeness (QED) is 0.135. The molecule has 218 valence electrons. The number of aryl methyl sites for hydroxylation is 2. The highest BCUT2D eigenvalue weighted by molar-refractivity contribution is 5.65. The number of halogens is 4. The zero-order valence-electron chi connectivity index (χ0n) is 23.6. The monoisotopic (exact) mass is 566 g/mol. The number of hydrogen-bond acceptors (Lipinski definition) is 2. The Kier molecular flexibility index (Phi) is 10.9. The lowest BCUT2D eigenvalue weighted by molar-refractivity contribution is 0.0727. The minimum Gasteiger partial charge on any atom is -0.490 e. The van der Waals surface area contributed by atoms with E-state index in [9.17, 15) is 13.9 Å². The largest absolute Gasteiger partial charge is 0.490 e. The van der Waals surface area contributed by atoms with Crippen molar-refractivity contribution in [3.63, 3.8) is 0 Å². The number of ether oxygens (including phenoxy) is 1. The zero-order chi connectivity index (χ0) is 29.4. The lowest BCUT2D eigenvalue weighted by Gasteiger charge is -2.32. The fraction of sp³-hybridized carbons (Fsp3) is 0.429. The third-order valence-corrected chi connectivity index (χ3v) is 8.25. The molecule has 41 heavy (non-hydrogen) atoms. The van der Waals surface area contributed by atoms with E-state index in [1.165, 1.54) is 12.1 Å². The molecule has 0 spiro atoms. The van der Waals surface area contributed by atoms with Gasteiger partial charge in [-0.2, -0.15) is 4.39 Å². The molecule has 0 saturated heterocycles. The van der Waals surface area contributed by atoms with Crippen molar-refractivity contribution >= 4 is 0 Å². The van der Waals surface area contributed by atoms with Crippen LogP contribution in [0.5, 0.6) is 5.75 Å². The van der Waals surface area contributed by atoms with Crippen LogP contribution in [-0.4, -0.2) is 17.8 Å². The Hall–Kier alpha value is -3.30. The van der Waals surface area contributed by atoms with Crippen molar-refractivity contribution in [2.24, 2.45) is 5.92 Å². The van der Waals surface area contributed by atoms with Gasteiger partial charge >= 0.3 is 0 Å². The Morgan fingerprint density at radius 2 is 1.61 bits per heavy atom. The SMILES string of the molecule is C#CCCCOc1ccc(-c2ccc(CCc3ccc(C4CCC(C(O)CCC)CC4)c(F)c3F)cc2)c(F)c1F. The molecule has 1 unspecified atom stereocenters. The summed E-state index contributed by atoms with van der Waals surface area (Å²) in [6.07, 6.45) is 11.6. The Balaban J connectivity index is 1.36. The summed E-state index contributed by atoms with van der Waals surface area (Å²) < 4.78 is 64.7. The van der Waals surface area contributed by atoms with Crippen molar-refractivity contribution in [3.8, 4) is 29.2 Å². The minimum absolute atomic E-state index is 0.0320. The van der Waals surface area contributed by atoms with Crippen molar-refractivity contribution in [1.82, 2.24) is 0 Å². The molecule has 1 N–H and O–H groups in total. The molecule has 0 heterocycles. The van der Waals surface area contributed by atoms with Crippen molar-refractivity contribution in [2.45, 2.75) is 83.2 Å². The number of rotatable bonds is 12. The molecule has 0 amide bonds. The van der Waals surface area contributed by atoms with Crippen molar-refractivity contribution < 1.29 is 27.4 Å². The topological polar surface area (TPSA) is 29.5 Å². The second-order valence-corrected chi connectivity index (χ2v) is 11.0. The third-order valence-electron chi connectivity index (χ3n) is 8.25. The molecule has 0 aromatic heterocycles. The maximum atomic E-state index is 15.1. The van der Waals surface area contributed by atoms with E-state index < -0.39 is 23.3 Å². The van der Waals surface area contributed by atoms with E-state index in [2.05, 4.69) is 12.8 Å². The van der Waals surface area contributed by atoms with Crippen LogP contribution in [0.15, 0.2) is 48.5 Å².